The lowest BCUT2D eigenvalue weighted by Crippen LogP contribution is -1.82. The van der Waals surface area contributed by atoms with Crippen LogP contribution in [-0.2, 0) is 5.75 Å². The summed E-state index contributed by atoms with van der Waals surface area (Å²) in [6.45, 7) is 0. The quantitative estimate of drug-likeness (QED) is 0.712. The molecule has 4 heteroatoms. The highest BCUT2D eigenvalue weighted by molar-refractivity contribution is 7.79. The van der Waals surface area contributed by atoms with Gasteiger partial charge < -0.3 is 4.98 Å². The number of thiol groups is 1. The number of H-pyrrole nitrogens is 1. The zero-order valence-electron chi connectivity index (χ0n) is 6.94. The number of nitrogens with zero attached hydrogens (tertiary/aromatic N) is 2. The van der Waals surface area contributed by atoms with Crippen LogP contribution in [0.25, 0.3) is 11.4 Å². The second-order valence-corrected chi connectivity index (χ2v) is 2.93. The van der Waals surface area contributed by atoms with Crippen LogP contribution in [0.3, 0.4) is 0 Å². The third-order valence-corrected chi connectivity index (χ3v) is 2.02. The lowest BCUT2D eigenvalue weighted by molar-refractivity contribution is 1.12. The van der Waals surface area contributed by atoms with Gasteiger partial charge in [0.15, 0.2) is 0 Å². The van der Waals surface area contributed by atoms with Crippen LogP contribution < -0.4 is 0 Å². The predicted molar refractivity (Wildman–Crippen MR) is 54.5 cm³/mol. The van der Waals surface area contributed by atoms with Crippen molar-refractivity contribution in [1.82, 2.24) is 15.0 Å². The average Bonchev–Trinajstić information content (AvgIpc) is 2.67. The Balaban J connectivity index is 2.36. The number of hydrogen-bond acceptors (Lipinski definition) is 3. The Hall–Kier alpha value is -1.29. The summed E-state index contributed by atoms with van der Waals surface area (Å²) in [5, 5.41) is 0. The molecule has 0 aliphatic rings. The molecule has 13 heavy (non-hydrogen) atoms. The zero-order valence-corrected chi connectivity index (χ0v) is 7.83. The molecule has 0 aliphatic carbocycles. The Labute approximate surface area is 81.7 Å². The van der Waals surface area contributed by atoms with Crippen LogP contribution in [0.2, 0.25) is 0 Å². The smallest absolute Gasteiger partial charge is 0.116 e. The Morgan fingerprint density at radius 2 is 2.23 bits per heavy atom. The molecular formula is C9H9N3S. The molecule has 3 nitrogen and oxygen atoms in total. The van der Waals surface area contributed by atoms with Crippen molar-refractivity contribution in [2.24, 2.45) is 0 Å². The van der Waals surface area contributed by atoms with Crippen molar-refractivity contribution >= 4 is 12.6 Å². The SMILES string of the molecule is SCc1ncc(-c2ccccn2)[nH]1. The van der Waals surface area contributed by atoms with E-state index in [4.69, 9.17) is 0 Å². The summed E-state index contributed by atoms with van der Waals surface area (Å²) in [5.74, 6) is 1.48. The second-order valence-electron chi connectivity index (χ2n) is 2.62. The fourth-order valence-corrected chi connectivity index (χ4v) is 1.26. The monoisotopic (exact) mass is 191 g/mol. The van der Waals surface area contributed by atoms with Crippen molar-refractivity contribution in [2.75, 3.05) is 0 Å². The highest BCUT2D eigenvalue weighted by atomic mass is 32.1. The number of imidazole rings is 1. The van der Waals surface area contributed by atoms with E-state index >= 15 is 0 Å². The van der Waals surface area contributed by atoms with Gasteiger partial charge in [-0.2, -0.15) is 12.6 Å². The van der Waals surface area contributed by atoms with Crippen molar-refractivity contribution in [3.63, 3.8) is 0 Å². The summed E-state index contributed by atoms with van der Waals surface area (Å²) < 4.78 is 0. The highest BCUT2D eigenvalue weighted by Crippen LogP contribution is 2.13. The van der Waals surface area contributed by atoms with Crippen LogP contribution >= 0.6 is 12.6 Å². The van der Waals surface area contributed by atoms with E-state index in [0.717, 1.165) is 17.2 Å². The van der Waals surface area contributed by atoms with Crippen molar-refractivity contribution < 1.29 is 0 Å². The van der Waals surface area contributed by atoms with Gasteiger partial charge in [-0.3, -0.25) is 4.98 Å². The number of aromatic amines is 1. The van der Waals surface area contributed by atoms with Crippen LogP contribution in [0, 0.1) is 0 Å². The zero-order chi connectivity index (χ0) is 9.10. The minimum atomic E-state index is 0.618. The summed E-state index contributed by atoms with van der Waals surface area (Å²) in [7, 11) is 0. The Bertz CT molecular complexity index is 383. The van der Waals surface area contributed by atoms with Crippen molar-refractivity contribution in [3.8, 4) is 11.4 Å². The summed E-state index contributed by atoms with van der Waals surface area (Å²) in [5.41, 5.74) is 1.84. The van der Waals surface area contributed by atoms with Gasteiger partial charge in [-0.15, -0.1) is 0 Å². The summed E-state index contributed by atoms with van der Waals surface area (Å²) >= 11 is 4.12. The van der Waals surface area contributed by atoms with Gasteiger partial charge >= 0.3 is 0 Å². The summed E-state index contributed by atoms with van der Waals surface area (Å²) in [6.07, 6.45) is 3.53. The molecule has 0 unspecified atom stereocenters. The molecule has 0 saturated heterocycles. The molecule has 0 bridgehead atoms. The Morgan fingerprint density at radius 3 is 2.85 bits per heavy atom. The predicted octanol–water partition coefficient (Wildman–Crippen LogP) is 1.90. The van der Waals surface area contributed by atoms with Crippen LogP contribution in [0.1, 0.15) is 5.82 Å². The van der Waals surface area contributed by atoms with E-state index in [0.29, 0.717) is 5.75 Å². The third-order valence-electron chi connectivity index (χ3n) is 1.72. The molecule has 0 atom stereocenters. The molecule has 2 aromatic heterocycles. The molecule has 1 N–H and O–H groups in total. The number of pyridine rings is 1. The van der Waals surface area contributed by atoms with E-state index in [1.807, 2.05) is 18.2 Å². The molecule has 0 amide bonds. The average molecular weight is 191 g/mol. The first kappa shape index (κ1) is 8.31. The van der Waals surface area contributed by atoms with E-state index in [1.165, 1.54) is 0 Å². The van der Waals surface area contributed by atoms with E-state index in [1.54, 1.807) is 12.4 Å². The Kier molecular flexibility index (Phi) is 2.31. The third kappa shape index (κ3) is 1.72. The molecular weight excluding hydrogens is 182 g/mol. The standard InChI is InChI=1S/C9H9N3S/c13-6-9-11-5-8(12-9)7-3-1-2-4-10-7/h1-5,13H,6H2,(H,11,12). The fraction of sp³-hybridized carbons (Fsp3) is 0.111. The van der Waals surface area contributed by atoms with Crippen LogP contribution in [0.5, 0.6) is 0 Å². The summed E-state index contributed by atoms with van der Waals surface area (Å²) in [4.78, 5) is 11.5. The molecule has 2 rings (SSSR count). The largest absolute Gasteiger partial charge is 0.340 e. The Morgan fingerprint density at radius 1 is 1.31 bits per heavy atom. The first-order valence-corrected chi connectivity index (χ1v) is 4.59. The molecule has 0 saturated carbocycles. The highest BCUT2D eigenvalue weighted by Gasteiger charge is 2.01. The number of rotatable bonds is 2. The van der Waals surface area contributed by atoms with Gasteiger partial charge in [0.25, 0.3) is 0 Å². The van der Waals surface area contributed by atoms with Gasteiger partial charge in [0.1, 0.15) is 5.82 Å². The molecule has 66 valence electrons. The maximum atomic E-state index is 4.20. The van der Waals surface area contributed by atoms with E-state index in [-0.39, 0.29) is 0 Å². The minimum Gasteiger partial charge on any atom is -0.340 e. The normalized spacial score (nSPS) is 10.2. The first-order valence-electron chi connectivity index (χ1n) is 3.96. The van der Waals surface area contributed by atoms with Gasteiger partial charge in [0, 0.05) is 11.9 Å². The number of hydrogen-bond donors (Lipinski definition) is 2. The van der Waals surface area contributed by atoms with E-state index in [9.17, 15) is 0 Å². The van der Waals surface area contributed by atoms with Crippen LogP contribution in [0.4, 0.5) is 0 Å². The van der Waals surface area contributed by atoms with Crippen LogP contribution in [-0.4, -0.2) is 15.0 Å². The summed E-state index contributed by atoms with van der Waals surface area (Å²) in [6, 6.07) is 5.78. The van der Waals surface area contributed by atoms with Gasteiger partial charge in [0.2, 0.25) is 0 Å². The van der Waals surface area contributed by atoms with Gasteiger partial charge in [-0.1, -0.05) is 6.07 Å². The van der Waals surface area contributed by atoms with Crippen molar-refractivity contribution in [3.05, 3.63) is 36.4 Å². The molecule has 0 spiro atoms. The van der Waals surface area contributed by atoms with Gasteiger partial charge in [-0.25, -0.2) is 4.98 Å². The topological polar surface area (TPSA) is 41.6 Å². The maximum absolute atomic E-state index is 4.20. The van der Waals surface area contributed by atoms with Crippen LogP contribution in [0.15, 0.2) is 30.6 Å². The van der Waals surface area contributed by atoms with E-state index in [2.05, 4.69) is 27.6 Å². The first-order chi connectivity index (χ1) is 6.40. The van der Waals surface area contributed by atoms with E-state index < -0.39 is 0 Å². The van der Waals surface area contributed by atoms with Crippen molar-refractivity contribution in [1.29, 1.82) is 0 Å². The lowest BCUT2D eigenvalue weighted by atomic mass is 10.3. The maximum Gasteiger partial charge on any atom is 0.116 e. The minimum absolute atomic E-state index is 0.618. The lowest BCUT2D eigenvalue weighted by Gasteiger charge is -1.93. The van der Waals surface area contributed by atoms with Crippen molar-refractivity contribution in [2.45, 2.75) is 5.75 Å². The number of nitrogens with one attached hydrogen (secondary N) is 1. The number of aromatic nitrogens is 3. The molecule has 0 radical (unpaired) electrons. The molecule has 0 aliphatic heterocycles. The fourth-order valence-electron chi connectivity index (χ4n) is 1.10. The molecule has 2 aromatic rings. The molecule has 0 fully saturated rings. The molecule has 0 aromatic carbocycles. The second kappa shape index (κ2) is 3.62. The van der Waals surface area contributed by atoms with Gasteiger partial charge in [-0.05, 0) is 12.1 Å². The molecule has 2 heterocycles. The van der Waals surface area contributed by atoms with Gasteiger partial charge in [0.05, 0.1) is 17.6 Å².